The van der Waals surface area contributed by atoms with Crippen LogP contribution in [0.4, 0.5) is 0 Å². The lowest BCUT2D eigenvalue weighted by molar-refractivity contribution is -0.143. The smallest absolute Gasteiger partial charge is 0.305 e. The van der Waals surface area contributed by atoms with Gasteiger partial charge < -0.3 is 14.9 Å². The average molecular weight is 401 g/mol. The predicted molar refractivity (Wildman–Crippen MR) is 117 cm³/mol. The van der Waals surface area contributed by atoms with Crippen molar-refractivity contribution < 1.29 is 19.7 Å². The van der Waals surface area contributed by atoms with E-state index in [1.807, 2.05) is 6.92 Å². The average Bonchev–Trinajstić information content (AvgIpc) is 2.68. The van der Waals surface area contributed by atoms with Crippen LogP contribution in [0.5, 0.6) is 0 Å². The van der Waals surface area contributed by atoms with Crippen molar-refractivity contribution in [2.24, 2.45) is 0 Å². The van der Waals surface area contributed by atoms with Gasteiger partial charge in [-0.15, -0.1) is 0 Å². The molecule has 4 nitrogen and oxygen atoms in total. The number of hydrogen-bond donors (Lipinski definition) is 2. The zero-order valence-corrected chi connectivity index (χ0v) is 18.8. The summed E-state index contributed by atoms with van der Waals surface area (Å²) in [6.45, 7) is 4.54. The van der Waals surface area contributed by atoms with E-state index in [4.69, 9.17) is 4.74 Å². The molecule has 2 atom stereocenters. The summed E-state index contributed by atoms with van der Waals surface area (Å²) in [6.07, 6.45) is 18.6. The van der Waals surface area contributed by atoms with Crippen molar-refractivity contribution >= 4 is 5.97 Å². The number of aliphatic hydroxyl groups excluding tert-OH is 2. The Labute approximate surface area is 174 Å². The Morgan fingerprint density at radius 1 is 0.643 bits per heavy atom. The quantitative estimate of drug-likeness (QED) is 0.175. The van der Waals surface area contributed by atoms with Crippen LogP contribution in [0.15, 0.2) is 0 Å². The number of carbonyl (C=O) groups excluding carboxylic acids is 1. The third-order valence-corrected chi connectivity index (χ3v) is 5.48. The summed E-state index contributed by atoms with van der Waals surface area (Å²) in [5, 5.41) is 20.1. The minimum atomic E-state index is -0.546. The van der Waals surface area contributed by atoms with Gasteiger partial charge in [0.2, 0.25) is 0 Å². The Morgan fingerprint density at radius 3 is 1.46 bits per heavy atom. The number of aliphatic hydroxyl groups is 2. The normalized spacial score (nSPS) is 13.4. The van der Waals surface area contributed by atoms with Crippen LogP contribution in [0.25, 0.3) is 0 Å². The molecule has 0 saturated carbocycles. The molecule has 0 fully saturated rings. The highest BCUT2D eigenvalue weighted by Gasteiger charge is 2.15. The molecule has 4 heteroatoms. The molecule has 0 saturated heterocycles. The molecule has 0 spiro atoms. The Bertz CT molecular complexity index is 333. The summed E-state index contributed by atoms with van der Waals surface area (Å²) < 4.78 is 4.92. The van der Waals surface area contributed by atoms with Crippen LogP contribution in [-0.4, -0.2) is 35.0 Å². The Balaban J connectivity index is 3.33. The van der Waals surface area contributed by atoms with E-state index in [0.717, 1.165) is 44.9 Å². The van der Waals surface area contributed by atoms with E-state index >= 15 is 0 Å². The van der Waals surface area contributed by atoms with E-state index in [9.17, 15) is 15.0 Å². The molecule has 168 valence electrons. The second-order valence-electron chi connectivity index (χ2n) is 8.22. The molecule has 0 radical (unpaired) electrons. The van der Waals surface area contributed by atoms with Crippen LogP contribution in [0.3, 0.4) is 0 Å². The summed E-state index contributed by atoms with van der Waals surface area (Å²) in [6, 6.07) is 0. The van der Waals surface area contributed by atoms with Gasteiger partial charge in [-0.3, -0.25) is 4.79 Å². The lowest BCUT2D eigenvalue weighted by Gasteiger charge is -2.17. The van der Waals surface area contributed by atoms with E-state index in [0.29, 0.717) is 13.0 Å². The van der Waals surface area contributed by atoms with Gasteiger partial charge in [0, 0.05) is 6.42 Å². The van der Waals surface area contributed by atoms with Crippen LogP contribution in [0.2, 0.25) is 0 Å². The summed E-state index contributed by atoms with van der Waals surface area (Å²) in [4.78, 5) is 11.2. The SMILES string of the molecule is CCCCCCCCC(O)C(O)CCCCCCCCCCCC(=O)OCC. The monoisotopic (exact) mass is 400 g/mol. The molecule has 28 heavy (non-hydrogen) atoms. The molecular weight excluding hydrogens is 352 g/mol. The first kappa shape index (κ1) is 27.4. The molecule has 2 N–H and O–H groups in total. The number of ether oxygens (including phenoxy) is 1. The zero-order valence-electron chi connectivity index (χ0n) is 18.8. The molecule has 0 amide bonds. The van der Waals surface area contributed by atoms with E-state index in [-0.39, 0.29) is 5.97 Å². The van der Waals surface area contributed by atoms with Crippen molar-refractivity contribution in [3.63, 3.8) is 0 Å². The minimum Gasteiger partial charge on any atom is -0.466 e. The number of esters is 1. The summed E-state index contributed by atoms with van der Waals surface area (Å²) in [5.74, 6) is -0.0678. The Kier molecular flexibility index (Phi) is 20.6. The molecule has 0 rings (SSSR count). The van der Waals surface area contributed by atoms with Crippen molar-refractivity contribution in [1.29, 1.82) is 0 Å². The second-order valence-corrected chi connectivity index (χ2v) is 8.22. The summed E-state index contributed by atoms with van der Waals surface area (Å²) in [7, 11) is 0. The fourth-order valence-corrected chi connectivity index (χ4v) is 3.61. The van der Waals surface area contributed by atoms with Gasteiger partial charge in [0.1, 0.15) is 0 Å². The van der Waals surface area contributed by atoms with Crippen LogP contribution in [0.1, 0.15) is 129 Å². The van der Waals surface area contributed by atoms with E-state index in [1.54, 1.807) is 0 Å². The van der Waals surface area contributed by atoms with Gasteiger partial charge in [-0.1, -0.05) is 96.8 Å². The standard InChI is InChI=1S/C24H48O4/c1-3-5-6-7-13-16-19-22(25)23(26)20-17-14-11-9-8-10-12-15-18-21-24(27)28-4-2/h22-23,25-26H,3-21H2,1-2H3. The van der Waals surface area contributed by atoms with Gasteiger partial charge in [0.05, 0.1) is 18.8 Å². The molecule has 0 bridgehead atoms. The van der Waals surface area contributed by atoms with Gasteiger partial charge in [-0.05, 0) is 26.2 Å². The number of carbonyl (C=O) groups is 1. The van der Waals surface area contributed by atoms with E-state index in [1.165, 1.54) is 64.2 Å². The molecule has 0 aromatic carbocycles. The third kappa shape index (κ3) is 18.7. The first-order valence-corrected chi connectivity index (χ1v) is 12.1. The molecule has 0 aliphatic heterocycles. The first-order valence-electron chi connectivity index (χ1n) is 12.1. The van der Waals surface area contributed by atoms with Gasteiger partial charge in [-0.25, -0.2) is 0 Å². The molecule has 0 aliphatic carbocycles. The highest BCUT2D eigenvalue weighted by Crippen LogP contribution is 2.16. The van der Waals surface area contributed by atoms with Crippen molar-refractivity contribution in [3.8, 4) is 0 Å². The number of hydrogen-bond acceptors (Lipinski definition) is 4. The van der Waals surface area contributed by atoms with Crippen molar-refractivity contribution in [1.82, 2.24) is 0 Å². The molecule has 0 aromatic heterocycles. The molecule has 0 heterocycles. The maximum Gasteiger partial charge on any atom is 0.305 e. The fraction of sp³-hybridized carbons (Fsp3) is 0.958. The van der Waals surface area contributed by atoms with Gasteiger partial charge in [0.25, 0.3) is 0 Å². The van der Waals surface area contributed by atoms with E-state index in [2.05, 4.69) is 6.92 Å². The maximum atomic E-state index is 11.2. The highest BCUT2D eigenvalue weighted by atomic mass is 16.5. The van der Waals surface area contributed by atoms with Crippen LogP contribution < -0.4 is 0 Å². The number of rotatable bonds is 21. The molecule has 0 aliphatic rings. The lowest BCUT2D eigenvalue weighted by atomic mass is 9.99. The lowest BCUT2D eigenvalue weighted by Crippen LogP contribution is -2.25. The van der Waals surface area contributed by atoms with Crippen LogP contribution in [-0.2, 0) is 9.53 Å². The fourth-order valence-electron chi connectivity index (χ4n) is 3.61. The molecule has 2 unspecified atom stereocenters. The molecular formula is C24H48O4. The Hall–Kier alpha value is -0.610. The Morgan fingerprint density at radius 2 is 1.04 bits per heavy atom. The molecule has 0 aromatic rings. The second kappa shape index (κ2) is 21.1. The van der Waals surface area contributed by atoms with Crippen LogP contribution in [0, 0.1) is 0 Å². The highest BCUT2D eigenvalue weighted by molar-refractivity contribution is 5.69. The van der Waals surface area contributed by atoms with Crippen molar-refractivity contribution in [2.75, 3.05) is 6.61 Å². The van der Waals surface area contributed by atoms with E-state index < -0.39 is 12.2 Å². The maximum absolute atomic E-state index is 11.2. The van der Waals surface area contributed by atoms with Crippen molar-refractivity contribution in [3.05, 3.63) is 0 Å². The zero-order chi connectivity index (χ0) is 20.9. The minimum absolute atomic E-state index is 0.0678. The van der Waals surface area contributed by atoms with Gasteiger partial charge in [-0.2, -0.15) is 0 Å². The predicted octanol–water partition coefficient (Wildman–Crippen LogP) is 6.31. The third-order valence-electron chi connectivity index (χ3n) is 5.48. The largest absolute Gasteiger partial charge is 0.466 e. The number of unbranched alkanes of at least 4 members (excludes halogenated alkanes) is 13. The van der Waals surface area contributed by atoms with Gasteiger partial charge >= 0.3 is 5.97 Å². The van der Waals surface area contributed by atoms with Crippen molar-refractivity contribution in [2.45, 2.75) is 142 Å². The van der Waals surface area contributed by atoms with Crippen LogP contribution >= 0.6 is 0 Å². The van der Waals surface area contributed by atoms with Gasteiger partial charge in [0.15, 0.2) is 0 Å². The first-order chi connectivity index (χ1) is 13.6. The topological polar surface area (TPSA) is 66.8 Å². The summed E-state index contributed by atoms with van der Waals surface area (Å²) >= 11 is 0. The summed E-state index contributed by atoms with van der Waals surface area (Å²) in [5.41, 5.74) is 0.